The number of nitrogen functional groups attached to an aromatic ring is 1. The van der Waals surface area contributed by atoms with E-state index in [-0.39, 0.29) is 29.6 Å². The smallest absolute Gasteiger partial charge is 0.545 e. The Morgan fingerprint density at radius 3 is 2.12 bits per heavy atom. The molecule has 0 bridgehead atoms. The maximum atomic E-state index is 10.5. The van der Waals surface area contributed by atoms with Gasteiger partial charge in [-0.1, -0.05) is 12.1 Å². The molecule has 0 saturated carbocycles. The molecule has 0 saturated heterocycles. The third-order valence-electron chi connectivity index (χ3n) is 1.70. The van der Waals surface area contributed by atoms with Gasteiger partial charge in [0.25, 0.3) is 0 Å². The minimum absolute atomic E-state index is 0. The van der Waals surface area contributed by atoms with Crippen LogP contribution in [-0.4, -0.2) is 17.0 Å². The zero-order valence-corrected chi connectivity index (χ0v) is 10.6. The summed E-state index contributed by atoms with van der Waals surface area (Å²) in [6.07, 6.45) is 1.01. The molecule has 0 spiro atoms. The molecule has 5 nitrogen and oxygen atoms in total. The molecule has 0 amide bonds. The zero-order chi connectivity index (χ0) is 11.4. The normalized spacial score (nSPS) is 10.4. The first-order valence-electron chi connectivity index (χ1n) is 4.02. The Morgan fingerprint density at radius 1 is 1.25 bits per heavy atom. The summed E-state index contributed by atoms with van der Waals surface area (Å²) < 4.78 is 0. The van der Waals surface area contributed by atoms with E-state index in [1.807, 2.05) is 0 Å². The fraction of sp³-hybridized carbons (Fsp3) is 0. The van der Waals surface area contributed by atoms with Crippen molar-refractivity contribution < 1.29 is 49.4 Å². The second-order valence-electron chi connectivity index (χ2n) is 2.82. The summed E-state index contributed by atoms with van der Waals surface area (Å²) in [5.41, 5.74) is 5.57. The molecule has 1 aromatic carbocycles. The SMILES string of the molecule is Nc1ccc(/C=C(/C(=O)[O-])C(=O)O)cc1.[Na+]. The van der Waals surface area contributed by atoms with Crippen LogP contribution in [0, 0.1) is 0 Å². The molecule has 0 fully saturated rings. The van der Waals surface area contributed by atoms with Gasteiger partial charge in [-0.2, -0.15) is 0 Å². The van der Waals surface area contributed by atoms with Crippen LogP contribution >= 0.6 is 0 Å². The molecule has 0 aliphatic heterocycles. The Labute approximate surface area is 114 Å². The number of nitrogens with two attached hydrogens (primary N) is 1. The van der Waals surface area contributed by atoms with E-state index in [0.29, 0.717) is 11.3 Å². The third kappa shape index (κ3) is 4.06. The Balaban J connectivity index is 0.00000225. The number of hydrogen-bond donors (Lipinski definition) is 2. The van der Waals surface area contributed by atoms with E-state index in [1.54, 1.807) is 12.1 Å². The Bertz CT molecular complexity index is 409. The van der Waals surface area contributed by atoms with Crippen LogP contribution < -0.4 is 40.4 Å². The van der Waals surface area contributed by atoms with Crippen LogP contribution in [0.5, 0.6) is 0 Å². The third-order valence-corrected chi connectivity index (χ3v) is 1.70. The van der Waals surface area contributed by atoms with Gasteiger partial charge in [-0.25, -0.2) is 4.79 Å². The van der Waals surface area contributed by atoms with Crippen molar-refractivity contribution in [3.8, 4) is 0 Å². The van der Waals surface area contributed by atoms with Crippen LogP contribution in [0.25, 0.3) is 6.08 Å². The number of carboxylic acids is 2. The molecule has 78 valence electrons. The number of carbonyl (C=O) groups excluding carboxylic acids is 1. The van der Waals surface area contributed by atoms with Gasteiger partial charge in [-0.3, -0.25) is 0 Å². The first-order chi connectivity index (χ1) is 7.00. The van der Waals surface area contributed by atoms with Gasteiger partial charge >= 0.3 is 35.5 Å². The van der Waals surface area contributed by atoms with Crippen molar-refractivity contribution in [1.82, 2.24) is 0 Å². The van der Waals surface area contributed by atoms with E-state index in [2.05, 4.69) is 0 Å². The van der Waals surface area contributed by atoms with Gasteiger partial charge in [-0.15, -0.1) is 0 Å². The Morgan fingerprint density at radius 2 is 1.75 bits per heavy atom. The summed E-state index contributed by atoms with van der Waals surface area (Å²) in [7, 11) is 0. The van der Waals surface area contributed by atoms with E-state index in [1.165, 1.54) is 12.1 Å². The van der Waals surface area contributed by atoms with E-state index >= 15 is 0 Å². The number of benzene rings is 1. The van der Waals surface area contributed by atoms with Gasteiger partial charge in [0.2, 0.25) is 0 Å². The molecule has 0 heterocycles. The second kappa shape index (κ2) is 6.32. The van der Waals surface area contributed by atoms with Crippen molar-refractivity contribution in [1.29, 1.82) is 0 Å². The first kappa shape index (κ1) is 14.7. The Kier molecular flexibility index (Phi) is 5.81. The van der Waals surface area contributed by atoms with Crippen molar-refractivity contribution in [2.75, 3.05) is 5.73 Å². The summed E-state index contributed by atoms with van der Waals surface area (Å²) in [6.45, 7) is 0. The maximum absolute atomic E-state index is 10.5. The predicted octanol–water partition coefficient (Wildman–Crippen LogP) is -3.51. The fourth-order valence-electron chi connectivity index (χ4n) is 0.967. The van der Waals surface area contributed by atoms with Crippen LogP contribution in [0.2, 0.25) is 0 Å². The number of rotatable bonds is 3. The van der Waals surface area contributed by atoms with Gasteiger partial charge in [0.15, 0.2) is 0 Å². The molecular weight excluding hydrogens is 221 g/mol. The van der Waals surface area contributed by atoms with Crippen LogP contribution in [0.15, 0.2) is 29.8 Å². The standard InChI is InChI=1S/C10H9NO4.Na/c11-7-3-1-6(2-4-7)5-8(9(12)13)10(14)15;/h1-5H,11H2,(H,12,13)(H,14,15);/q;+1/p-1. The van der Waals surface area contributed by atoms with Crippen LogP contribution in [0.1, 0.15) is 5.56 Å². The summed E-state index contributed by atoms with van der Waals surface area (Å²) in [5.74, 6) is -3.26. The minimum atomic E-state index is -1.72. The minimum Gasteiger partial charge on any atom is -0.545 e. The molecular formula is C10H8NNaO4. The second-order valence-corrected chi connectivity index (χ2v) is 2.82. The van der Waals surface area contributed by atoms with Crippen LogP contribution in [-0.2, 0) is 9.59 Å². The topological polar surface area (TPSA) is 103 Å². The van der Waals surface area contributed by atoms with Crippen molar-refractivity contribution in [2.24, 2.45) is 0 Å². The monoisotopic (exact) mass is 229 g/mol. The van der Waals surface area contributed by atoms with Crippen LogP contribution in [0.4, 0.5) is 5.69 Å². The molecule has 0 aliphatic carbocycles. The van der Waals surface area contributed by atoms with E-state index in [4.69, 9.17) is 10.8 Å². The van der Waals surface area contributed by atoms with Gasteiger partial charge in [0, 0.05) is 5.69 Å². The molecule has 16 heavy (non-hydrogen) atoms. The van der Waals surface area contributed by atoms with Crippen LogP contribution in [0.3, 0.4) is 0 Å². The molecule has 0 radical (unpaired) electrons. The molecule has 1 rings (SSSR count). The zero-order valence-electron chi connectivity index (χ0n) is 8.64. The van der Waals surface area contributed by atoms with E-state index < -0.39 is 17.5 Å². The summed E-state index contributed by atoms with van der Waals surface area (Å²) in [5, 5.41) is 19.0. The fourth-order valence-corrected chi connectivity index (χ4v) is 0.967. The number of carboxylic acid groups (broad SMARTS) is 2. The predicted molar refractivity (Wildman–Crippen MR) is 51.5 cm³/mol. The molecule has 0 aromatic heterocycles. The quantitative estimate of drug-likeness (QED) is 0.184. The molecule has 0 aliphatic rings. The van der Waals surface area contributed by atoms with Crippen molar-refractivity contribution in [3.63, 3.8) is 0 Å². The molecule has 0 unspecified atom stereocenters. The first-order valence-corrected chi connectivity index (χ1v) is 4.02. The van der Waals surface area contributed by atoms with Gasteiger partial charge in [0.05, 0.1) is 11.5 Å². The largest absolute Gasteiger partial charge is 1.00 e. The summed E-state index contributed by atoms with van der Waals surface area (Å²) in [4.78, 5) is 20.9. The average Bonchev–Trinajstić information content (AvgIpc) is 2.15. The van der Waals surface area contributed by atoms with Crippen molar-refractivity contribution >= 4 is 23.7 Å². The van der Waals surface area contributed by atoms with Crippen molar-refractivity contribution in [2.45, 2.75) is 0 Å². The van der Waals surface area contributed by atoms with Crippen molar-refractivity contribution in [3.05, 3.63) is 35.4 Å². The summed E-state index contributed by atoms with van der Waals surface area (Å²) >= 11 is 0. The van der Waals surface area contributed by atoms with Gasteiger partial charge in [0.1, 0.15) is 0 Å². The van der Waals surface area contributed by atoms with E-state index in [9.17, 15) is 14.7 Å². The maximum Gasteiger partial charge on any atom is 1.00 e. The Hall–Kier alpha value is -1.30. The molecule has 3 N–H and O–H groups in total. The molecule has 1 aromatic rings. The number of anilines is 1. The molecule has 0 atom stereocenters. The molecule has 6 heteroatoms. The van der Waals surface area contributed by atoms with Gasteiger partial charge in [-0.05, 0) is 23.8 Å². The number of carbonyl (C=O) groups is 2. The number of hydrogen-bond acceptors (Lipinski definition) is 4. The van der Waals surface area contributed by atoms with E-state index in [0.717, 1.165) is 6.08 Å². The summed E-state index contributed by atoms with van der Waals surface area (Å²) in [6, 6.07) is 6.11. The van der Waals surface area contributed by atoms with Gasteiger partial charge < -0.3 is 20.7 Å². The number of aliphatic carboxylic acids is 2. The average molecular weight is 229 g/mol.